The number of anilines is 1. The lowest BCUT2D eigenvalue weighted by atomic mass is 10.2. The van der Waals surface area contributed by atoms with E-state index in [4.69, 9.17) is 11.6 Å². The van der Waals surface area contributed by atoms with Crippen LogP contribution in [0, 0.1) is 0 Å². The molecule has 142 valence electrons. The molecule has 1 amide bonds. The highest BCUT2D eigenvalue weighted by molar-refractivity contribution is 7.98. The fourth-order valence-corrected chi connectivity index (χ4v) is 3.06. The average Bonchev–Trinajstić information content (AvgIpc) is 3.09. The van der Waals surface area contributed by atoms with Gasteiger partial charge in [0.1, 0.15) is 11.0 Å². The molecule has 0 saturated heterocycles. The van der Waals surface area contributed by atoms with E-state index in [-0.39, 0.29) is 11.1 Å². The molecule has 27 heavy (non-hydrogen) atoms. The quantitative estimate of drug-likeness (QED) is 0.338. The highest BCUT2D eigenvalue weighted by atomic mass is 35.5. The summed E-state index contributed by atoms with van der Waals surface area (Å²) >= 11 is 7.43. The Balaban J connectivity index is 1.73. The first-order chi connectivity index (χ1) is 13.1. The Morgan fingerprint density at radius 1 is 1.33 bits per heavy atom. The van der Waals surface area contributed by atoms with Crippen molar-refractivity contribution in [1.29, 1.82) is 0 Å². The number of carbonyl (C=O) groups is 1. The van der Waals surface area contributed by atoms with Gasteiger partial charge in [-0.3, -0.25) is 4.79 Å². The zero-order valence-electron chi connectivity index (χ0n) is 15.1. The van der Waals surface area contributed by atoms with Crippen LogP contribution in [0.5, 0.6) is 0 Å². The summed E-state index contributed by atoms with van der Waals surface area (Å²) in [6.45, 7) is 3.79. The molecule has 0 aliphatic rings. The molecule has 0 bridgehead atoms. The first-order valence-corrected chi connectivity index (χ1v) is 10.1. The SMILES string of the molecule is CCCNc1nc(SC)nc2c1cnn2CCNC(=O)c1cccnc1Cl. The number of halogens is 1. The van der Waals surface area contributed by atoms with E-state index >= 15 is 0 Å². The molecule has 3 aromatic rings. The van der Waals surface area contributed by atoms with E-state index < -0.39 is 0 Å². The smallest absolute Gasteiger partial charge is 0.254 e. The number of fused-ring (bicyclic) bond motifs is 1. The molecule has 8 nitrogen and oxygen atoms in total. The Hall–Kier alpha value is -2.39. The molecule has 0 aromatic carbocycles. The summed E-state index contributed by atoms with van der Waals surface area (Å²) in [5.74, 6) is 0.512. The Morgan fingerprint density at radius 2 is 2.19 bits per heavy atom. The van der Waals surface area contributed by atoms with Gasteiger partial charge in [0, 0.05) is 19.3 Å². The summed E-state index contributed by atoms with van der Waals surface area (Å²) in [6.07, 6.45) is 6.22. The molecule has 0 spiro atoms. The topological polar surface area (TPSA) is 97.6 Å². The fraction of sp³-hybridized carbons (Fsp3) is 0.353. The van der Waals surface area contributed by atoms with Gasteiger partial charge in [-0.15, -0.1) is 0 Å². The van der Waals surface area contributed by atoms with Crippen LogP contribution in [0.15, 0.2) is 29.7 Å². The van der Waals surface area contributed by atoms with Gasteiger partial charge in [-0.25, -0.2) is 19.6 Å². The molecule has 2 N–H and O–H groups in total. The fourth-order valence-electron chi connectivity index (χ4n) is 2.49. The number of carbonyl (C=O) groups excluding carboxylic acids is 1. The molecular formula is C17H20ClN7OS. The van der Waals surface area contributed by atoms with Crippen molar-refractivity contribution >= 4 is 46.1 Å². The lowest BCUT2D eigenvalue weighted by Crippen LogP contribution is -2.28. The van der Waals surface area contributed by atoms with Gasteiger partial charge in [0.15, 0.2) is 10.8 Å². The number of thioether (sulfide) groups is 1. The highest BCUT2D eigenvalue weighted by Crippen LogP contribution is 2.23. The van der Waals surface area contributed by atoms with E-state index in [9.17, 15) is 4.79 Å². The number of amides is 1. The van der Waals surface area contributed by atoms with Crippen LogP contribution < -0.4 is 10.6 Å². The second-order valence-electron chi connectivity index (χ2n) is 5.69. The van der Waals surface area contributed by atoms with Crippen molar-refractivity contribution in [1.82, 2.24) is 30.0 Å². The Morgan fingerprint density at radius 3 is 2.93 bits per heavy atom. The van der Waals surface area contributed by atoms with Crippen molar-refractivity contribution in [2.45, 2.75) is 25.0 Å². The number of rotatable bonds is 8. The molecule has 10 heteroatoms. The zero-order valence-corrected chi connectivity index (χ0v) is 16.6. The third kappa shape index (κ3) is 4.48. The molecule has 0 saturated carbocycles. The van der Waals surface area contributed by atoms with Gasteiger partial charge >= 0.3 is 0 Å². The van der Waals surface area contributed by atoms with Gasteiger partial charge in [0.05, 0.1) is 23.7 Å². The van der Waals surface area contributed by atoms with Gasteiger partial charge in [0.25, 0.3) is 5.91 Å². The molecule has 0 radical (unpaired) electrons. The minimum absolute atomic E-state index is 0.184. The number of nitrogens with zero attached hydrogens (tertiary/aromatic N) is 5. The number of hydrogen-bond donors (Lipinski definition) is 2. The van der Waals surface area contributed by atoms with E-state index in [1.165, 1.54) is 11.8 Å². The predicted molar refractivity (Wildman–Crippen MR) is 107 cm³/mol. The molecule has 0 aliphatic heterocycles. The van der Waals surface area contributed by atoms with E-state index in [0.717, 1.165) is 29.8 Å². The first-order valence-electron chi connectivity index (χ1n) is 8.54. The van der Waals surface area contributed by atoms with Crippen LogP contribution in [0.1, 0.15) is 23.7 Å². The van der Waals surface area contributed by atoms with Crippen molar-refractivity contribution in [2.75, 3.05) is 24.7 Å². The van der Waals surface area contributed by atoms with Crippen LogP contribution in [0.2, 0.25) is 5.15 Å². The zero-order chi connectivity index (χ0) is 19.2. The maximum Gasteiger partial charge on any atom is 0.254 e. The minimum atomic E-state index is -0.269. The van der Waals surface area contributed by atoms with Crippen LogP contribution in [0.4, 0.5) is 5.82 Å². The monoisotopic (exact) mass is 405 g/mol. The van der Waals surface area contributed by atoms with Crippen molar-refractivity contribution in [2.24, 2.45) is 0 Å². The molecule has 3 rings (SSSR count). The van der Waals surface area contributed by atoms with Crippen molar-refractivity contribution in [3.8, 4) is 0 Å². The maximum atomic E-state index is 12.2. The third-order valence-corrected chi connectivity index (χ3v) is 4.66. The summed E-state index contributed by atoms with van der Waals surface area (Å²) in [6, 6.07) is 3.31. The summed E-state index contributed by atoms with van der Waals surface area (Å²) in [7, 11) is 0. The van der Waals surface area contributed by atoms with Crippen molar-refractivity contribution in [3.63, 3.8) is 0 Å². The maximum absolute atomic E-state index is 12.2. The molecule has 0 unspecified atom stereocenters. The number of pyridine rings is 1. The summed E-state index contributed by atoms with van der Waals surface area (Å²) in [4.78, 5) is 25.2. The summed E-state index contributed by atoms with van der Waals surface area (Å²) < 4.78 is 1.76. The van der Waals surface area contributed by atoms with E-state index in [1.807, 2.05) is 6.26 Å². The van der Waals surface area contributed by atoms with Gasteiger partial charge in [-0.1, -0.05) is 30.3 Å². The average molecular weight is 406 g/mol. The minimum Gasteiger partial charge on any atom is -0.369 e. The predicted octanol–water partition coefficient (Wildman–Crippen LogP) is 2.85. The number of hydrogen-bond acceptors (Lipinski definition) is 7. The first kappa shape index (κ1) is 19.4. The van der Waals surface area contributed by atoms with Crippen LogP contribution in [0.25, 0.3) is 11.0 Å². The van der Waals surface area contributed by atoms with Gasteiger partial charge in [-0.2, -0.15) is 5.10 Å². The van der Waals surface area contributed by atoms with E-state index in [2.05, 4.69) is 37.6 Å². The van der Waals surface area contributed by atoms with Gasteiger partial charge in [0.2, 0.25) is 0 Å². The van der Waals surface area contributed by atoms with Crippen molar-refractivity contribution in [3.05, 3.63) is 35.2 Å². The second kappa shape index (κ2) is 9.01. The second-order valence-corrected chi connectivity index (χ2v) is 6.82. The lowest BCUT2D eigenvalue weighted by Gasteiger charge is -2.09. The standard InChI is InChI=1S/C17H20ClN7OS/c1-3-6-20-14-12-10-22-25(15(12)24-17(23-14)27-2)9-8-21-16(26)11-5-4-7-19-13(11)18/h4-5,7,10H,3,6,8-9H2,1-2H3,(H,21,26)(H,20,23,24). The summed E-state index contributed by atoms with van der Waals surface area (Å²) in [5, 5.41) is 12.3. The van der Waals surface area contributed by atoms with Crippen molar-refractivity contribution < 1.29 is 4.79 Å². The van der Waals surface area contributed by atoms with E-state index in [0.29, 0.717) is 23.8 Å². The Kier molecular flexibility index (Phi) is 6.46. The third-order valence-electron chi connectivity index (χ3n) is 3.81. The molecule has 3 heterocycles. The van der Waals surface area contributed by atoms with Crippen LogP contribution in [0.3, 0.4) is 0 Å². The number of nitrogens with one attached hydrogen (secondary N) is 2. The van der Waals surface area contributed by atoms with Crippen LogP contribution in [-0.2, 0) is 6.54 Å². The summed E-state index contributed by atoms with van der Waals surface area (Å²) in [5.41, 5.74) is 1.09. The van der Waals surface area contributed by atoms with Gasteiger partial charge < -0.3 is 10.6 Å². The Bertz CT molecular complexity index is 946. The molecule has 0 atom stereocenters. The molecule has 0 aliphatic carbocycles. The number of aromatic nitrogens is 5. The molecule has 3 aromatic heterocycles. The van der Waals surface area contributed by atoms with E-state index in [1.54, 1.807) is 29.2 Å². The molecular weight excluding hydrogens is 386 g/mol. The van der Waals surface area contributed by atoms with Crippen LogP contribution in [-0.4, -0.2) is 50.0 Å². The molecule has 0 fully saturated rings. The largest absolute Gasteiger partial charge is 0.369 e. The normalized spacial score (nSPS) is 10.9. The van der Waals surface area contributed by atoms with Gasteiger partial charge in [-0.05, 0) is 24.8 Å². The lowest BCUT2D eigenvalue weighted by molar-refractivity contribution is 0.0952. The highest BCUT2D eigenvalue weighted by Gasteiger charge is 2.14. The van der Waals surface area contributed by atoms with Crippen LogP contribution >= 0.6 is 23.4 Å². The Labute approximate surface area is 166 Å².